The number of rotatable bonds is 2. The van der Waals surface area contributed by atoms with E-state index in [9.17, 15) is 9.59 Å². The topological polar surface area (TPSA) is 64.0 Å². The highest BCUT2D eigenvalue weighted by Gasteiger charge is 2.15. The van der Waals surface area contributed by atoms with Gasteiger partial charge in [-0.2, -0.15) is 0 Å². The number of aromatic nitrogens is 2. The Balaban J connectivity index is 1.70. The van der Waals surface area contributed by atoms with Crippen LogP contribution >= 0.6 is 0 Å². The van der Waals surface area contributed by atoms with Crippen LogP contribution in [0, 0.1) is 6.92 Å². The Morgan fingerprint density at radius 2 is 1.93 bits per heavy atom. The average molecular weight is 361 g/mol. The molecular formula is C22H23N3O2. The number of carbonyl (C=O) groups excluding carboxylic acids is 1. The second-order valence-electron chi connectivity index (χ2n) is 7.20. The zero-order valence-electron chi connectivity index (χ0n) is 15.5. The molecule has 0 fully saturated rings. The maximum absolute atomic E-state index is 12.9. The van der Waals surface area contributed by atoms with Crippen molar-refractivity contribution in [1.82, 2.24) is 9.55 Å². The lowest BCUT2D eigenvalue weighted by Gasteiger charge is -2.16. The summed E-state index contributed by atoms with van der Waals surface area (Å²) in [6.07, 6.45) is 5.20. The lowest BCUT2D eigenvalue weighted by Crippen LogP contribution is -2.26. The van der Waals surface area contributed by atoms with Gasteiger partial charge in [-0.05, 0) is 55.7 Å². The fourth-order valence-corrected chi connectivity index (χ4v) is 3.66. The van der Waals surface area contributed by atoms with Gasteiger partial charge in [-0.25, -0.2) is 4.98 Å². The Hall–Kier alpha value is -2.95. The predicted octanol–water partition coefficient (Wildman–Crippen LogP) is 4.07. The van der Waals surface area contributed by atoms with Crippen molar-refractivity contribution >= 4 is 22.5 Å². The Labute approximate surface area is 158 Å². The lowest BCUT2D eigenvalue weighted by molar-refractivity contribution is 0.102. The van der Waals surface area contributed by atoms with Crippen LogP contribution in [0.1, 0.15) is 47.4 Å². The van der Waals surface area contributed by atoms with Crippen LogP contribution in [0.2, 0.25) is 0 Å². The normalized spacial score (nSPS) is 14.3. The molecule has 1 amide bonds. The third-order valence-corrected chi connectivity index (χ3v) is 5.10. The maximum atomic E-state index is 12.9. The van der Waals surface area contributed by atoms with Crippen LogP contribution in [0.15, 0.2) is 47.3 Å². The van der Waals surface area contributed by atoms with Gasteiger partial charge in [-0.1, -0.05) is 25.0 Å². The van der Waals surface area contributed by atoms with Gasteiger partial charge in [-0.3, -0.25) is 14.2 Å². The fraction of sp³-hybridized carbons (Fsp3) is 0.318. The zero-order valence-corrected chi connectivity index (χ0v) is 15.5. The summed E-state index contributed by atoms with van der Waals surface area (Å²) in [5.74, 6) is 0.639. The van der Waals surface area contributed by atoms with Crippen LogP contribution in [0.25, 0.3) is 10.9 Å². The number of aryl methyl sites for hydroxylation is 2. The van der Waals surface area contributed by atoms with Gasteiger partial charge >= 0.3 is 0 Å². The van der Waals surface area contributed by atoms with Crippen molar-refractivity contribution in [2.24, 2.45) is 0 Å². The number of hydrogen-bond donors (Lipinski definition) is 1. The minimum Gasteiger partial charge on any atom is -0.322 e. The van der Waals surface area contributed by atoms with E-state index in [2.05, 4.69) is 5.32 Å². The first-order valence-electron chi connectivity index (χ1n) is 9.53. The van der Waals surface area contributed by atoms with Gasteiger partial charge in [-0.15, -0.1) is 0 Å². The summed E-state index contributed by atoms with van der Waals surface area (Å²) in [5, 5.41) is 3.48. The second kappa shape index (κ2) is 7.35. The van der Waals surface area contributed by atoms with E-state index in [1.165, 1.54) is 6.42 Å². The number of fused-ring (bicyclic) bond motifs is 2. The minimum atomic E-state index is -0.198. The molecule has 5 heteroatoms. The zero-order chi connectivity index (χ0) is 18.8. The SMILES string of the molecule is Cc1cccc(NC(=O)c2ccc3c(=O)n4c(nc3c2)CCCCCC4)c1. The molecule has 0 saturated heterocycles. The van der Waals surface area contributed by atoms with Crippen LogP contribution in [-0.4, -0.2) is 15.5 Å². The van der Waals surface area contributed by atoms with E-state index >= 15 is 0 Å². The van der Waals surface area contributed by atoms with Crippen molar-refractivity contribution in [2.45, 2.75) is 45.6 Å². The molecule has 2 aromatic carbocycles. The van der Waals surface area contributed by atoms with Gasteiger partial charge in [0.1, 0.15) is 5.82 Å². The number of anilines is 1. The molecule has 1 aromatic heterocycles. The number of hydrogen-bond acceptors (Lipinski definition) is 3. The van der Waals surface area contributed by atoms with Gasteiger partial charge in [0, 0.05) is 24.2 Å². The molecular weight excluding hydrogens is 338 g/mol. The molecule has 3 aromatic rings. The summed E-state index contributed by atoms with van der Waals surface area (Å²) < 4.78 is 1.81. The summed E-state index contributed by atoms with van der Waals surface area (Å²) in [6, 6.07) is 12.8. The first-order chi connectivity index (χ1) is 13.1. The highest BCUT2D eigenvalue weighted by atomic mass is 16.1. The van der Waals surface area contributed by atoms with Crippen LogP contribution in [-0.2, 0) is 13.0 Å². The molecule has 0 radical (unpaired) electrons. The van der Waals surface area contributed by atoms with Gasteiger partial charge in [0.2, 0.25) is 0 Å². The quantitative estimate of drug-likeness (QED) is 0.748. The smallest absolute Gasteiger partial charge is 0.261 e. The number of nitrogens with zero attached hydrogens (tertiary/aromatic N) is 2. The van der Waals surface area contributed by atoms with E-state index in [0.29, 0.717) is 16.5 Å². The second-order valence-corrected chi connectivity index (χ2v) is 7.20. The van der Waals surface area contributed by atoms with Crippen molar-refractivity contribution < 1.29 is 4.79 Å². The molecule has 1 N–H and O–H groups in total. The molecule has 0 aliphatic carbocycles. The highest BCUT2D eigenvalue weighted by molar-refractivity contribution is 6.06. The molecule has 0 bridgehead atoms. The van der Waals surface area contributed by atoms with E-state index in [1.807, 2.05) is 35.8 Å². The largest absolute Gasteiger partial charge is 0.322 e. The summed E-state index contributed by atoms with van der Waals surface area (Å²) in [5.41, 5.74) is 2.95. The molecule has 5 nitrogen and oxygen atoms in total. The van der Waals surface area contributed by atoms with Gasteiger partial charge < -0.3 is 5.32 Å². The van der Waals surface area contributed by atoms with Crippen molar-refractivity contribution in [2.75, 3.05) is 5.32 Å². The number of nitrogens with one attached hydrogen (secondary N) is 1. The van der Waals surface area contributed by atoms with Crippen molar-refractivity contribution in [3.05, 3.63) is 69.8 Å². The summed E-state index contributed by atoms with van der Waals surface area (Å²) in [6.45, 7) is 2.71. The molecule has 0 saturated carbocycles. The maximum Gasteiger partial charge on any atom is 0.261 e. The van der Waals surface area contributed by atoms with Crippen molar-refractivity contribution in [1.29, 1.82) is 0 Å². The third kappa shape index (κ3) is 3.63. The minimum absolute atomic E-state index is 0.00235. The lowest BCUT2D eigenvalue weighted by atomic mass is 10.1. The number of carbonyl (C=O) groups is 1. The molecule has 1 aliphatic heterocycles. The van der Waals surface area contributed by atoms with E-state index in [4.69, 9.17) is 4.98 Å². The third-order valence-electron chi connectivity index (χ3n) is 5.10. The summed E-state index contributed by atoms with van der Waals surface area (Å²) in [4.78, 5) is 30.2. The van der Waals surface area contributed by atoms with Gasteiger partial charge in [0.15, 0.2) is 0 Å². The Morgan fingerprint density at radius 1 is 1.07 bits per heavy atom. The van der Waals surface area contributed by atoms with E-state index < -0.39 is 0 Å². The number of amides is 1. The van der Waals surface area contributed by atoms with Crippen molar-refractivity contribution in [3.8, 4) is 0 Å². The van der Waals surface area contributed by atoms with Crippen LogP contribution in [0.3, 0.4) is 0 Å². The Kier molecular flexibility index (Phi) is 4.75. The van der Waals surface area contributed by atoms with Gasteiger partial charge in [0.25, 0.3) is 11.5 Å². The standard InChI is InChI=1S/C22H23N3O2/c1-15-7-6-8-17(13-15)23-21(26)16-10-11-18-19(14-16)24-20-9-4-2-3-5-12-25(20)22(18)27/h6-8,10-11,13-14H,2-5,9,12H2,1H3,(H,23,26). The monoisotopic (exact) mass is 361 g/mol. The predicted molar refractivity (Wildman–Crippen MR) is 107 cm³/mol. The Bertz CT molecular complexity index is 1070. The highest BCUT2D eigenvalue weighted by Crippen LogP contribution is 2.18. The first kappa shape index (κ1) is 17.5. The molecule has 4 rings (SSSR count). The van der Waals surface area contributed by atoms with Crippen LogP contribution in [0.4, 0.5) is 5.69 Å². The van der Waals surface area contributed by atoms with E-state index in [1.54, 1.807) is 18.2 Å². The molecule has 27 heavy (non-hydrogen) atoms. The molecule has 0 unspecified atom stereocenters. The summed E-state index contributed by atoms with van der Waals surface area (Å²) >= 11 is 0. The molecule has 1 aliphatic rings. The van der Waals surface area contributed by atoms with Gasteiger partial charge in [0.05, 0.1) is 10.9 Å². The molecule has 2 heterocycles. The van der Waals surface area contributed by atoms with Crippen LogP contribution in [0.5, 0.6) is 0 Å². The average Bonchev–Trinajstić information content (AvgIpc) is 2.63. The van der Waals surface area contributed by atoms with Crippen molar-refractivity contribution in [3.63, 3.8) is 0 Å². The first-order valence-corrected chi connectivity index (χ1v) is 9.53. The number of benzene rings is 2. The van der Waals surface area contributed by atoms with E-state index in [0.717, 1.165) is 49.3 Å². The summed E-state index contributed by atoms with van der Waals surface area (Å²) in [7, 11) is 0. The molecule has 138 valence electrons. The van der Waals surface area contributed by atoms with E-state index in [-0.39, 0.29) is 11.5 Å². The Morgan fingerprint density at radius 3 is 2.78 bits per heavy atom. The molecule has 0 spiro atoms. The fourth-order valence-electron chi connectivity index (χ4n) is 3.66. The molecule has 0 atom stereocenters. The van der Waals surface area contributed by atoms with Crippen LogP contribution < -0.4 is 10.9 Å².